The highest BCUT2D eigenvalue weighted by atomic mass is 16.4. The summed E-state index contributed by atoms with van der Waals surface area (Å²) in [6.45, 7) is 2.29. The van der Waals surface area contributed by atoms with Crippen LogP contribution in [0.15, 0.2) is 0 Å². The van der Waals surface area contributed by atoms with Gasteiger partial charge in [0.05, 0.1) is 6.10 Å². The van der Waals surface area contributed by atoms with Gasteiger partial charge < -0.3 is 20.8 Å². The molecule has 0 heterocycles. The Morgan fingerprint density at radius 1 is 1.26 bits per heavy atom. The second-order valence-electron chi connectivity index (χ2n) is 5.23. The van der Waals surface area contributed by atoms with Crippen molar-refractivity contribution in [3.05, 3.63) is 0 Å². The molecule has 1 fully saturated rings. The maximum Gasteiger partial charge on any atom is 0.315 e. The average molecular weight is 272 g/mol. The third-order valence-corrected chi connectivity index (χ3v) is 3.62. The second-order valence-corrected chi connectivity index (χ2v) is 5.23. The number of aliphatic hydroxyl groups is 1. The van der Waals surface area contributed by atoms with Crippen LogP contribution in [0.4, 0.5) is 4.79 Å². The summed E-state index contributed by atoms with van der Waals surface area (Å²) >= 11 is 0. The zero-order chi connectivity index (χ0) is 14.3. The fourth-order valence-corrected chi connectivity index (χ4v) is 2.30. The molecule has 1 aliphatic rings. The molecule has 0 aromatic rings. The molecule has 0 bridgehead atoms. The van der Waals surface area contributed by atoms with E-state index in [1.165, 1.54) is 0 Å². The van der Waals surface area contributed by atoms with Crippen molar-refractivity contribution in [2.24, 2.45) is 5.92 Å². The van der Waals surface area contributed by atoms with E-state index in [9.17, 15) is 14.7 Å². The smallest absolute Gasteiger partial charge is 0.315 e. The predicted octanol–water partition coefficient (Wildman–Crippen LogP) is 1.09. The monoisotopic (exact) mass is 272 g/mol. The Hall–Kier alpha value is -1.30. The first-order valence-corrected chi connectivity index (χ1v) is 6.95. The van der Waals surface area contributed by atoms with Crippen molar-refractivity contribution in [2.45, 2.75) is 57.6 Å². The third-order valence-electron chi connectivity index (χ3n) is 3.62. The number of carbonyl (C=O) groups excluding carboxylic acids is 1. The fourth-order valence-electron chi connectivity index (χ4n) is 2.30. The largest absolute Gasteiger partial charge is 0.481 e. The van der Waals surface area contributed by atoms with E-state index in [4.69, 9.17) is 5.11 Å². The highest BCUT2D eigenvalue weighted by molar-refractivity contribution is 5.74. The number of aliphatic hydroxyl groups excluding tert-OH is 1. The third kappa shape index (κ3) is 6.42. The zero-order valence-corrected chi connectivity index (χ0v) is 11.4. The van der Waals surface area contributed by atoms with Gasteiger partial charge in [-0.3, -0.25) is 4.79 Å². The van der Waals surface area contributed by atoms with E-state index in [0.29, 0.717) is 6.54 Å². The lowest BCUT2D eigenvalue weighted by Gasteiger charge is -2.26. The van der Waals surface area contributed by atoms with Crippen molar-refractivity contribution in [3.8, 4) is 0 Å². The molecule has 1 aliphatic carbocycles. The van der Waals surface area contributed by atoms with Crippen LogP contribution < -0.4 is 10.6 Å². The molecular formula is C13H24N2O4. The van der Waals surface area contributed by atoms with Crippen molar-refractivity contribution < 1.29 is 19.8 Å². The Morgan fingerprint density at radius 2 is 1.89 bits per heavy atom. The molecule has 0 radical (unpaired) electrons. The number of carboxylic acids is 1. The van der Waals surface area contributed by atoms with Gasteiger partial charge in [0.2, 0.25) is 0 Å². The van der Waals surface area contributed by atoms with Gasteiger partial charge in [-0.2, -0.15) is 0 Å². The predicted molar refractivity (Wildman–Crippen MR) is 70.8 cm³/mol. The molecule has 2 amide bonds. The fraction of sp³-hybridized carbons (Fsp3) is 0.846. The van der Waals surface area contributed by atoms with Crippen LogP contribution in [-0.4, -0.2) is 40.9 Å². The molecule has 1 rings (SSSR count). The van der Waals surface area contributed by atoms with Gasteiger partial charge >= 0.3 is 12.0 Å². The molecule has 6 nitrogen and oxygen atoms in total. The Bertz CT molecular complexity index is 301. The van der Waals surface area contributed by atoms with E-state index in [2.05, 4.69) is 10.6 Å². The van der Waals surface area contributed by atoms with E-state index in [1.807, 2.05) is 6.92 Å². The first-order valence-electron chi connectivity index (χ1n) is 6.95. The number of urea groups is 1. The molecular weight excluding hydrogens is 248 g/mol. The van der Waals surface area contributed by atoms with Gasteiger partial charge in [-0.05, 0) is 31.6 Å². The van der Waals surface area contributed by atoms with E-state index in [0.717, 1.165) is 32.1 Å². The number of hydrogen-bond acceptors (Lipinski definition) is 3. The molecule has 0 spiro atoms. The molecule has 1 unspecified atom stereocenters. The highest BCUT2D eigenvalue weighted by Crippen LogP contribution is 2.18. The second kappa shape index (κ2) is 7.99. The minimum atomic E-state index is -0.838. The number of aliphatic carboxylic acids is 1. The molecule has 110 valence electrons. The first kappa shape index (κ1) is 15.8. The van der Waals surface area contributed by atoms with E-state index >= 15 is 0 Å². The Labute approximate surface area is 113 Å². The minimum Gasteiger partial charge on any atom is -0.481 e. The molecule has 6 heteroatoms. The number of carbonyl (C=O) groups is 2. The highest BCUT2D eigenvalue weighted by Gasteiger charge is 2.21. The van der Waals surface area contributed by atoms with Crippen molar-refractivity contribution in [3.63, 3.8) is 0 Å². The van der Waals surface area contributed by atoms with Gasteiger partial charge in [-0.25, -0.2) is 4.79 Å². The van der Waals surface area contributed by atoms with Crippen LogP contribution in [0.1, 0.15) is 45.4 Å². The van der Waals surface area contributed by atoms with E-state index in [-0.39, 0.29) is 30.5 Å². The van der Waals surface area contributed by atoms with E-state index < -0.39 is 5.97 Å². The van der Waals surface area contributed by atoms with Gasteiger partial charge in [0.15, 0.2) is 0 Å². The topological polar surface area (TPSA) is 98.7 Å². The van der Waals surface area contributed by atoms with Crippen LogP contribution >= 0.6 is 0 Å². The van der Waals surface area contributed by atoms with Crippen molar-refractivity contribution in [1.29, 1.82) is 0 Å². The van der Waals surface area contributed by atoms with Crippen molar-refractivity contribution in [1.82, 2.24) is 10.6 Å². The Morgan fingerprint density at radius 3 is 2.42 bits per heavy atom. The maximum atomic E-state index is 11.7. The molecule has 0 aromatic heterocycles. The normalized spacial score (nSPS) is 24.5. The van der Waals surface area contributed by atoms with Crippen molar-refractivity contribution in [2.75, 3.05) is 6.54 Å². The summed E-state index contributed by atoms with van der Waals surface area (Å²) < 4.78 is 0. The van der Waals surface area contributed by atoms with Crippen LogP contribution in [0.25, 0.3) is 0 Å². The summed E-state index contributed by atoms with van der Waals surface area (Å²) in [5, 5.41) is 23.7. The van der Waals surface area contributed by atoms with Gasteiger partial charge in [0.1, 0.15) is 0 Å². The SMILES string of the molecule is CCC(CNC(=O)NC1CCC(O)CC1)CC(=O)O. The molecule has 0 aliphatic heterocycles. The minimum absolute atomic E-state index is 0.0311. The summed E-state index contributed by atoms with van der Waals surface area (Å²) in [5.74, 6) is -0.869. The zero-order valence-electron chi connectivity index (χ0n) is 11.4. The lowest BCUT2D eigenvalue weighted by Crippen LogP contribution is -2.45. The molecule has 19 heavy (non-hydrogen) atoms. The summed E-state index contributed by atoms with van der Waals surface area (Å²) in [5.41, 5.74) is 0. The summed E-state index contributed by atoms with van der Waals surface area (Å²) in [7, 11) is 0. The van der Waals surface area contributed by atoms with Crippen LogP contribution in [-0.2, 0) is 4.79 Å². The molecule has 1 atom stereocenters. The number of amides is 2. The molecule has 4 N–H and O–H groups in total. The van der Waals surface area contributed by atoms with Crippen molar-refractivity contribution >= 4 is 12.0 Å². The first-order chi connectivity index (χ1) is 9.01. The van der Waals surface area contributed by atoms with Gasteiger partial charge in [0, 0.05) is 19.0 Å². The van der Waals surface area contributed by atoms with Gasteiger partial charge in [-0.15, -0.1) is 0 Å². The van der Waals surface area contributed by atoms with Crippen LogP contribution in [0.2, 0.25) is 0 Å². The Balaban J connectivity index is 2.21. The lowest BCUT2D eigenvalue weighted by molar-refractivity contribution is -0.138. The quantitative estimate of drug-likeness (QED) is 0.581. The molecule has 0 aromatic carbocycles. The lowest BCUT2D eigenvalue weighted by atomic mass is 9.93. The molecule has 0 saturated heterocycles. The standard InChI is InChI=1S/C13H24N2O4/c1-2-9(7-12(17)18)8-14-13(19)15-10-3-5-11(16)6-4-10/h9-11,16H,2-8H2,1H3,(H,17,18)(H2,14,15,19). The average Bonchev–Trinajstić information content (AvgIpc) is 2.37. The van der Waals surface area contributed by atoms with Crippen LogP contribution in [0.5, 0.6) is 0 Å². The number of carboxylic acid groups (broad SMARTS) is 1. The molecule has 1 saturated carbocycles. The summed E-state index contributed by atoms with van der Waals surface area (Å²) in [6, 6.07) is -0.131. The summed E-state index contributed by atoms with van der Waals surface area (Å²) in [6.07, 6.45) is 3.60. The maximum absolute atomic E-state index is 11.7. The van der Waals surface area contributed by atoms with Crippen LogP contribution in [0, 0.1) is 5.92 Å². The Kier molecular flexibility index (Phi) is 6.62. The van der Waals surface area contributed by atoms with Crippen LogP contribution in [0.3, 0.4) is 0 Å². The number of nitrogens with one attached hydrogen (secondary N) is 2. The number of hydrogen-bond donors (Lipinski definition) is 4. The van der Waals surface area contributed by atoms with Gasteiger partial charge in [-0.1, -0.05) is 13.3 Å². The van der Waals surface area contributed by atoms with E-state index in [1.54, 1.807) is 0 Å². The summed E-state index contributed by atoms with van der Waals surface area (Å²) in [4.78, 5) is 22.3. The van der Waals surface area contributed by atoms with Gasteiger partial charge in [0.25, 0.3) is 0 Å². The number of rotatable bonds is 6.